The molecule has 1 N–H and O–H groups in total. The van der Waals surface area contributed by atoms with Crippen molar-refractivity contribution in [3.63, 3.8) is 0 Å². The summed E-state index contributed by atoms with van der Waals surface area (Å²) in [5, 5.41) is 8.99. The smallest absolute Gasteiger partial charge is 0.335 e. The molecule has 0 aliphatic heterocycles. The lowest BCUT2D eigenvalue weighted by molar-refractivity contribution is 0.0697. The summed E-state index contributed by atoms with van der Waals surface area (Å²) in [6.07, 6.45) is 0. The minimum absolute atomic E-state index is 0.179. The Balaban J connectivity index is 2.59. The van der Waals surface area contributed by atoms with Gasteiger partial charge in [-0.2, -0.15) is 0 Å². The fraction of sp³-hybridized carbons (Fsp3) is 0.133. The van der Waals surface area contributed by atoms with E-state index in [9.17, 15) is 9.18 Å². The largest absolute Gasteiger partial charge is 0.493 e. The number of hydrogen-bond donors (Lipinski definition) is 1. The van der Waals surface area contributed by atoms with Crippen LogP contribution in [0.2, 0.25) is 0 Å². The lowest BCUT2D eigenvalue weighted by Crippen LogP contribution is -1.97. The first-order chi connectivity index (χ1) is 9.04. The first kappa shape index (κ1) is 13.1. The van der Waals surface area contributed by atoms with Gasteiger partial charge in [0.05, 0.1) is 12.7 Å². The van der Waals surface area contributed by atoms with Crippen LogP contribution in [0.25, 0.3) is 11.1 Å². The molecular weight excluding hydrogens is 247 g/mol. The van der Waals surface area contributed by atoms with Gasteiger partial charge in [0.2, 0.25) is 0 Å². The second kappa shape index (κ2) is 5.10. The van der Waals surface area contributed by atoms with Crippen molar-refractivity contribution in [1.29, 1.82) is 0 Å². The molecule has 0 aliphatic carbocycles. The van der Waals surface area contributed by atoms with Crippen LogP contribution in [0.3, 0.4) is 0 Å². The van der Waals surface area contributed by atoms with E-state index in [2.05, 4.69) is 0 Å². The summed E-state index contributed by atoms with van der Waals surface area (Å²) in [4.78, 5) is 11.0. The van der Waals surface area contributed by atoms with E-state index >= 15 is 0 Å². The van der Waals surface area contributed by atoms with Crippen LogP contribution in [0, 0.1) is 12.7 Å². The third-order valence-corrected chi connectivity index (χ3v) is 2.98. The van der Waals surface area contributed by atoms with Crippen molar-refractivity contribution in [2.24, 2.45) is 0 Å². The summed E-state index contributed by atoms with van der Waals surface area (Å²) in [5.74, 6) is -1.25. The van der Waals surface area contributed by atoms with E-state index in [0.717, 1.165) is 11.1 Å². The molecule has 0 saturated carbocycles. The average molecular weight is 260 g/mol. The summed E-state index contributed by atoms with van der Waals surface area (Å²) in [6, 6.07) is 9.45. The molecular formula is C15H13FO3. The lowest BCUT2D eigenvalue weighted by atomic mass is 9.98. The molecule has 0 spiro atoms. The molecule has 0 amide bonds. The standard InChI is InChI=1S/C15H13FO3/c1-9-12(6-7-13(16)14(9)19-2)10-4-3-5-11(8-10)15(17)18/h3-8H,1-2H3,(H,17,18). The van der Waals surface area contributed by atoms with Crippen molar-refractivity contribution in [3.8, 4) is 16.9 Å². The number of carboxylic acids is 1. The van der Waals surface area contributed by atoms with Crippen molar-refractivity contribution >= 4 is 5.97 Å². The van der Waals surface area contributed by atoms with Crippen LogP contribution in [-0.4, -0.2) is 18.2 Å². The Morgan fingerprint density at radius 2 is 2.00 bits per heavy atom. The zero-order chi connectivity index (χ0) is 14.0. The molecule has 0 heterocycles. The number of benzene rings is 2. The Kier molecular flexibility index (Phi) is 3.51. The summed E-state index contributed by atoms with van der Waals surface area (Å²) in [6.45, 7) is 1.74. The molecule has 0 unspecified atom stereocenters. The van der Waals surface area contributed by atoms with E-state index in [4.69, 9.17) is 9.84 Å². The predicted octanol–water partition coefficient (Wildman–Crippen LogP) is 3.51. The van der Waals surface area contributed by atoms with Gasteiger partial charge in [0.15, 0.2) is 11.6 Å². The maximum absolute atomic E-state index is 13.5. The van der Waals surface area contributed by atoms with Crippen molar-refractivity contribution < 1.29 is 19.0 Å². The van der Waals surface area contributed by atoms with Gasteiger partial charge in [0, 0.05) is 5.56 Å². The van der Waals surface area contributed by atoms with Crippen LogP contribution < -0.4 is 4.74 Å². The molecule has 19 heavy (non-hydrogen) atoms. The fourth-order valence-corrected chi connectivity index (χ4v) is 2.04. The Morgan fingerprint density at radius 1 is 1.26 bits per heavy atom. The van der Waals surface area contributed by atoms with Gasteiger partial charge in [-0.1, -0.05) is 18.2 Å². The number of methoxy groups -OCH3 is 1. The Labute approximate surface area is 110 Å². The number of hydrogen-bond acceptors (Lipinski definition) is 2. The van der Waals surface area contributed by atoms with E-state index < -0.39 is 11.8 Å². The molecule has 0 radical (unpaired) electrons. The fourth-order valence-electron chi connectivity index (χ4n) is 2.04. The minimum atomic E-state index is -0.992. The molecule has 0 fully saturated rings. The Hall–Kier alpha value is -2.36. The number of carboxylic acid groups (broad SMARTS) is 1. The maximum atomic E-state index is 13.5. The van der Waals surface area contributed by atoms with E-state index in [1.807, 2.05) is 0 Å². The molecule has 0 aliphatic rings. The van der Waals surface area contributed by atoms with Gasteiger partial charge in [-0.15, -0.1) is 0 Å². The van der Waals surface area contributed by atoms with E-state index in [1.165, 1.54) is 19.2 Å². The van der Waals surface area contributed by atoms with Gasteiger partial charge in [-0.25, -0.2) is 9.18 Å². The van der Waals surface area contributed by atoms with Gasteiger partial charge in [-0.3, -0.25) is 0 Å². The quantitative estimate of drug-likeness (QED) is 0.918. The molecule has 3 nitrogen and oxygen atoms in total. The first-order valence-corrected chi connectivity index (χ1v) is 5.71. The zero-order valence-electron chi connectivity index (χ0n) is 10.6. The van der Waals surface area contributed by atoms with E-state index in [1.54, 1.807) is 31.2 Å². The van der Waals surface area contributed by atoms with Crippen LogP contribution in [0.1, 0.15) is 15.9 Å². The summed E-state index contributed by atoms with van der Waals surface area (Å²) < 4.78 is 18.6. The SMILES string of the molecule is COc1c(F)ccc(-c2cccc(C(=O)O)c2)c1C. The highest BCUT2D eigenvalue weighted by molar-refractivity contribution is 5.89. The van der Waals surface area contributed by atoms with Crippen LogP contribution in [0.4, 0.5) is 4.39 Å². The predicted molar refractivity (Wildman–Crippen MR) is 70.1 cm³/mol. The highest BCUT2D eigenvalue weighted by Crippen LogP contribution is 2.32. The summed E-state index contributed by atoms with van der Waals surface area (Å²) in [7, 11) is 1.41. The number of aromatic carboxylic acids is 1. The summed E-state index contributed by atoms with van der Waals surface area (Å²) in [5.41, 5.74) is 2.31. The van der Waals surface area contributed by atoms with E-state index in [-0.39, 0.29) is 11.3 Å². The Morgan fingerprint density at radius 3 is 2.63 bits per heavy atom. The molecule has 4 heteroatoms. The molecule has 0 saturated heterocycles. The molecule has 0 atom stereocenters. The molecule has 2 aromatic rings. The van der Waals surface area contributed by atoms with Gasteiger partial charge in [0.1, 0.15) is 0 Å². The van der Waals surface area contributed by atoms with Gasteiger partial charge >= 0.3 is 5.97 Å². The second-order valence-corrected chi connectivity index (χ2v) is 4.14. The average Bonchev–Trinajstić information content (AvgIpc) is 2.39. The zero-order valence-corrected chi connectivity index (χ0v) is 10.6. The van der Waals surface area contributed by atoms with Crippen LogP contribution in [0.5, 0.6) is 5.75 Å². The molecule has 2 aromatic carbocycles. The van der Waals surface area contributed by atoms with Crippen LogP contribution in [-0.2, 0) is 0 Å². The van der Waals surface area contributed by atoms with Gasteiger partial charge < -0.3 is 9.84 Å². The van der Waals surface area contributed by atoms with Crippen LogP contribution in [0.15, 0.2) is 36.4 Å². The molecule has 98 valence electrons. The van der Waals surface area contributed by atoms with Crippen LogP contribution >= 0.6 is 0 Å². The third-order valence-electron chi connectivity index (χ3n) is 2.98. The van der Waals surface area contributed by atoms with Gasteiger partial charge in [-0.05, 0) is 36.2 Å². The lowest BCUT2D eigenvalue weighted by Gasteiger charge is -2.12. The molecule has 0 aromatic heterocycles. The number of rotatable bonds is 3. The summed E-state index contributed by atoms with van der Waals surface area (Å²) >= 11 is 0. The maximum Gasteiger partial charge on any atom is 0.335 e. The molecule has 0 bridgehead atoms. The second-order valence-electron chi connectivity index (χ2n) is 4.14. The van der Waals surface area contributed by atoms with Gasteiger partial charge in [0.25, 0.3) is 0 Å². The monoisotopic (exact) mass is 260 g/mol. The Bertz CT molecular complexity index is 635. The minimum Gasteiger partial charge on any atom is -0.493 e. The topological polar surface area (TPSA) is 46.5 Å². The van der Waals surface area contributed by atoms with E-state index in [0.29, 0.717) is 5.56 Å². The number of halogens is 1. The molecule has 2 rings (SSSR count). The number of ether oxygens (including phenoxy) is 1. The highest BCUT2D eigenvalue weighted by Gasteiger charge is 2.13. The first-order valence-electron chi connectivity index (χ1n) is 5.71. The van der Waals surface area contributed by atoms with Crippen molar-refractivity contribution in [1.82, 2.24) is 0 Å². The number of carbonyl (C=O) groups is 1. The van der Waals surface area contributed by atoms with Crippen molar-refractivity contribution in [2.75, 3.05) is 7.11 Å². The van der Waals surface area contributed by atoms with Crippen molar-refractivity contribution in [3.05, 3.63) is 53.3 Å². The third kappa shape index (κ3) is 2.42. The highest BCUT2D eigenvalue weighted by atomic mass is 19.1. The van der Waals surface area contributed by atoms with Crippen molar-refractivity contribution in [2.45, 2.75) is 6.92 Å². The normalized spacial score (nSPS) is 10.3.